The van der Waals surface area contributed by atoms with Gasteiger partial charge in [0.05, 0.1) is 12.6 Å². The van der Waals surface area contributed by atoms with Crippen molar-refractivity contribution in [1.82, 2.24) is 16.0 Å². The van der Waals surface area contributed by atoms with Crippen molar-refractivity contribution in [3.8, 4) is 5.75 Å². The summed E-state index contributed by atoms with van der Waals surface area (Å²) in [6, 6.07) is 11.8. The van der Waals surface area contributed by atoms with E-state index < -0.39 is 48.4 Å². The highest BCUT2D eigenvalue weighted by molar-refractivity contribution is 5.92. The maximum atomic E-state index is 13.1. The number of unbranched alkanes of at least 4 members (excludes halogenated alkanes) is 1. The topological polar surface area (TPSA) is 197 Å². The standard InChI is InChI=1S/C26H35N5O6/c27-13-5-4-8-20(28)24(34)29-16-23(33)30-21(14-17-6-2-1-3-7-17)25(35)31-22(26(36)37)15-18-9-11-19(32)12-10-18/h1-3,6-7,9-12,20-22,32H,4-5,8,13-16,27-28H2,(H,29,34)(H,30,33)(H,31,35)(H,36,37). The van der Waals surface area contributed by atoms with Gasteiger partial charge in [0.15, 0.2) is 0 Å². The van der Waals surface area contributed by atoms with Gasteiger partial charge in [0.1, 0.15) is 17.8 Å². The van der Waals surface area contributed by atoms with Crippen LogP contribution in [0.25, 0.3) is 0 Å². The van der Waals surface area contributed by atoms with E-state index in [0.29, 0.717) is 24.9 Å². The quantitative estimate of drug-likeness (QED) is 0.159. The van der Waals surface area contributed by atoms with Crippen molar-refractivity contribution in [3.05, 3.63) is 65.7 Å². The summed E-state index contributed by atoms with van der Waals surface area (Å²) >= 11 is 0. The van der Waals surface area contributed by atoms with Crippen molar-refractivity contribution in [2.75, 3.05) is 13.1 Å². The molecule has 0 aliphatic heterocycles. The number of nitrogens with two attached hydrogens (primary N) is 2. The Bertz CT molecular complexity index is 1030. The number of phenolic OH excluding ortho intramolecular Hbond substituents is 1. The Morgan fingerprint density at radius 3 is 2.05 bits per heavy atom. The summed E-state index contributed by atoms with van der Waals surface area (Å²) in [4.78, 5) is 49.7. The molecule has 0 saturated heterocycles. The average Bonchev–Trinajstić information content (AvgIpc) is 2.88. The van der Waals surface area contributed by atoms with Crippen LogP contribution in [0.1, 0.15) is 30.4 Å². The highest BCUT2D eigenvalue weighted by Gasteiger charge is 2.27. The molecule has 3 atom stereocenters. The molecular weight excluding hydrogens is 478 g/mol. The minimum absolute atomic E-state index is 0.0224. The fourth-order valence-electron chi connectivity index (χ4n) is 3.58. The van der Waals surface area contributed by atoms with Crippen LogP contribution in [0.3, 0.4) is 0 Å². The van der Waals surface area contributed by atoms with Gasteiger partial charge >= 0.3 is 5.97 Å². The van der Waals surface area contributed by atoms with E-state index in [9.17, 15) is 29.4 Å². The van der Waals surface area contributed by atoms with Crippen LogP contribution in [0.5, 0.6) is 5.75 Å². The fourth-order valence-corrected chi connectivity index (χ4v) is 3.58. The van der Waals surface area contributed by atoms with E-state index in [0.717, 1.165) is 12.0 Å². The van der Waals surface area contributed by atoms with Crippen molar-refractivity contribution < 1.29 is 29.4 Å². The molecule has 9 N–H and O–H groups in total. The first-order valence-electron chi connectivity index (χ1n) is 12.1. The SMILES string of the molecule is NCCCCC(N)C(=O)NCC(=O)NC(Cc1ccccc1)C(=O)NC(Cc1ccc(O)cc1)C(=O)O. The van der Waals surface area contributed by atoms with Crippen molar-refractivity contribution in [3.63, 3.8) is 0 Å². The number of amides is 3. The van der Waals surface area contributed by atoms with Gasteiger partial charge < -0.3 is 37.6 Å². The molecule has 11 nitrogen and oxygen atoms in total. The number of carbonyl (C=O) groups excluding carboxylic acids is 3. The van der Waals surface area contributed by atoms with Crippen LogP contribution in [-0.2, 0) is 32.0 Å². The molecule has 0 radical (unpaired) electrons. The Labute approximate surface area is 215 Å². The van der Waals surface area contributed by atoms with Gasteiger partial charge in [-0.15, -0.1) is 0 Å². The summed E-state index contributed by atoms with van der Waals surface area (Å²) in [7, 11) is 0. The smallest absolute Gasteiger partial charge is 0.326 e. The molecule has 37 heavy (non-hydrogen) atoms. The zero-order chi connectivity index (χ0) is 27.2. The van der Waals surface area contributed by atoms with Crippen LogP contribution in [-0.4, -0.2) is 65.1 Å². The molecule has 0 aliphatic carbocycles. The molecule has 2 aromatic carbocycles. The summed E-state index contributed by atoms with van der Waals surface area (Å²) in [5.74, 6) is -3.01. The van der Waals surface area contributed by atoms with Gasteiger partial charge in [0.2, 0.25) is 17.7 Å². The summed E-state index contributed by atoms with van der Waals surface area (Å²) in [6.45, 7) is 0.108. The molecule has 0 aromatic heterocycles. The van der Waals surface area contributed by atoms with Crippen LogP contribution in [0.4, 0.5) is 0 Å². The number of benzene rings is 2. The maximum absolute atomic E-state index is 13.1. The molecule has 0 saturated carbocycles. The average molecular weight is 514 g/mol. The van der Waals surface area contributed by atoms with E-state index in [1.165, 1.54) is 12.1 Å². The summed E-state index contributed by atoms with van der Waals surface area (Å²) < 4.78 is 0. The fraction of sp³-hybridized carbons (Fsp3) is 0.385. The Morgan fingerprint density at radius 1 is 0.811 bits per heavy atom. The zero-order valence-corrected chi connectivity index (χ0v) is 20.6. The number of carbonyl (C=O) groups is 4. The van der Waals surface area contributed by atoms with E-state index in [-0.39, 0.29) is 18.6 Å². The second-order valence-electron chi connectivity index (χ2n) is 8.69. The molecule has 2 rings (SSSR count). The number of phenols is 1. The van der Waals surface area contributed by atoms with Crippen molar-refractivity contribution in [1.29, 1.82) is 0 Å². The van der Waals surface area contributed by atoms with Crippen molar-refractivity contribution in [2.24, 2.45) is 11.5 Å². The molecule has 200 valence electrons. The van der Waals surface area contributed by atoms with Gasteiger partial charge in [-0.05, 0) is 42.6 Å². The number of aromatic hydroxyl groups is 1. The molecule has 0 aliphatic rings. The molecule has 0 spiro atoms. The highest BCUT2D eigenvalue weighted by Crippen LogP contribution is 2.12. The van der Waals surface area contributed by atoms with Gasteiger partial charge in [0.25, 0.3) is 0 Å². The number of carboxylic acid groups (broad SMARTS) is 1. The molecule has 2 aromatic rings. The van der Waals surface area contributed by atoms with E-state index in [1.807, 2.05) is 6.07 Å². The predicted molar refractivity (Wildman–Crippen MR) is 137 cm³/mol. The molecule has 11 heteroatoms. The molecular formula is C26H35N5O6. The molecule has 0 heterocycles. The Balaban J connectivity index is 2.04. The second kappa shape index (κ2) is 15.2. The first kappa shape index (κ1) is 29.3. The summed E-state index contributed by atoms with van der Waals surface area (Å²) in [5.41, 5.74) is 12.6. The second-order valence-corrected chi connectivity index (χ2v) is 8.69. The van der Waals surface area contributed by atoms with Crippen molar-refractivity contribution >= 4 is 23.7 Å². The first-order chi connectivity index (χ1) is 17.7. The largest absolute Gasteiger partial charge is 0.508 e. The van der Waals surface area contributed by atoms with Crippen LogP contribution in [0, 0.1) is 0 Å². The van der Waals surface area contributed by atoms with Gasteiger partial charge in [-0.2, -0.15) is 0 Å². The van der Waals surface area contributed by atoms with Crippen LogP contribution >= 0.6 is 0 Å². The van der Waals surface area contributed by atoms with E-state index in [4.69, 9.17) is 11.5 Å². The van der Waals surface area contributed by atoms with E-state index in [1.54, 1.807) is 36.4 Å². The van der Waals surface area contributed by atoms with Gasteiger partial charge in [-0.3, -0.25) is 14.4 Å². The lowest BCUT2D eigenvalue weighted by atomic mass is 10.0. The normalized spacial score (nSPS) is 13.1. The maximum Gasteiger partial charge on any atom is 0.326 e. The lowest BCUT2D eigenvalue weighted by Gasteiger charge is -2.22. The monoisotopic (exact) mass is 513 g/mol. The summed E-state index contributed by atoms with van der Waals surface area (Å²) in [5, 5.41) is 26.6. The third-order valence-electron chi connectivity index (χ3n) is 5.65. The Hall–Kier alpha value is -3.96. The molecule has 3 amide bonds. The van der Waals surface area contributed by atoms with E-state index in [2.05, 4.69) is 16.0 Å². The molecule has 0 fully saturated rings. The number of aliphatic carboxylic acids is 1. The number of carboxylic acids is 1. The third kappa shape index (κ3) is 10.7. The van der Waals surface area contributed by atoms with Crippen LogP contribution < -0.4 is 27.4 Å². The van der Waals surface area contributed by atoms with Crippen LogP contribution in [0.2, 0.25) is 0 Å². The Kier molecular flexibility index (Phi) is 12.0. The van der Waals surface area contributed by atoms with Gasteiger partial charge in [-0.1, -0.05) is 48.9 Å². The van der Waals surface area contributed by atoms with Gasteiger partial charge in [-0.25, -0.2) is 4.79 Å². The van der Waals surface area contributed by atoms with Gasteiger partial charge in [0, 0.05) is 12.8 Å². The molecule has 0 bridgehead atoms. The lowest BCUT2D eigenvalue weighted by Crippen LogP contribution is -2.54. The van der Waals surface area contributed by atoms with Crippen molar-refractivity contribution in [2.45, 2.75) is 50.2 Å². The Morgan fingerprint density at radius 2 is 1.43 bits per heavy atom. The lowest BCUT2D eigenvalue weighted by molar-refractivity contribution is -0.142. The summed E-state index contributed by atoms with van der Waals surface area (Å²) in [6.07, 6.45) is 1.94. The minimum Gasteiger partial charge on any atom is -0.508 e. The van der Waals surface area contributed by atoms with E-state index >= 15 is 0 Å². The first-order valence-corrected chi connectivity index (χ1v) is 12.1. The van der Waals surface area contributed by atoms with Crippen LogP contribution in [0.15, 0.2) is 54.6 Å². The minimum atomic E-state index is -1.27. The number of hydrogen-bond acceptors (Lipinski definition) is 7. The zero-order valence-electron chi connectivity index (χ0n) is 20.6. The highest BCUT2D eigenvalue weighted by atomic mass is 16.4. The number of hydrogen-bond donors (Lipinski definition) is 7. The third-order valence-corrected chi connectivity index (χ3v) is 5.65. The predicted octanol–water partition coefficient (Wildman–Crippen LogP) is -0.196. The number of nitrogens with one attached hydrogen (secondary N) is 3. The molecule has 3 unspecified atom stereocenters. The number of rotatable bonds is 15.